The van der Waals surface area contributed by atoms with Crippen LogP contribution in [0, 0.1) is 6.04 Å². The van der Waals surface area contributed by atoms with Crippen LogP contribution in [0.4, 0.5) is 0 Å². The lowest BCUT2D eigenvalue weighted by molar-refractivity contribution is -0.119. The van der Waals surface area contributed by atoms with Crippen LogP contribution < -0.4 is 11.1 Å². The molecule has 0 unspecified atom stereocenters. The average molecular weight is 171 g/mol. The minimum atomic E-state index is -0.133. The summed E-state index contributed by atoms with van der Waals surface area (Å²) in [4.78, 5) is 10.9. The van der Waals surface area contributed by atoms with E-state index >= 15 is 0 Å². The van der Waals surface area contributed by atoms with Crippen molar-refractivity contribution >= 4 is 5.91 Å². The van der Waals surface area contributed by atoms with Crippen LogP contribution in [0.2, 0.25) is 0 Å². The molecule has 3 nitrogen and oxygen atoms in total. The van der Waals surface area contributed by atoms with E-state index in [4.69, 9.17) is 5.73 Å². The molecule has 0 fully saturated rings. The number of rotatable bonds is 6. The number of nitrogens with two attached hydrogens (primary N) is 1. The first-order valence-corrected chi connectivity index (χ1v) is 4.55. The molecule has 0 heterocycles. The monoisotopic (exact) mass is 171 g/mol. The maximum atomic E-state index is 10.9. The fourth-order valence-corrected chi connectivity index (χ4v) is 0.893. The van der Waals surface area contributed by atoms with Crippen LogP contribution in [-0.4, -0.2) is 12.5 Å². The first-order chi connectivity index (χ1) is 5.68. The van der Waals surface area contributed by atoms with E-state index in [1.54, 1.807) is 6.92 Å². The minimum Gasteiger partial charge on any atom is -0.354 e. The maximum Gasteiger partial charge on any atom is 0.242 e. The number of hydrogen-bond acceptors (Lipinski definition) is 2. The summed E-state index contributed by atoms with van der Waals surface area (Å²) in [6.07, 6.45) is 4.68. The van der Waals surface area contributed by atoms with E-state index < -0.39 is 0 Å². The lowest BCUT2D eigenvalue weighted by atomic mass is 10.2. The second-order valence-corrected chi connectivity index (χ2v) is 3.00. The summed E-state index contributed by atoms with van der Waals surface area (Å²) in [6, 6.07) is 0.338. The molecule has 0 rings (SSSR count). The summed E-state index contributed by atoms with van der Waals surface area (Å²) in [6.45, 7) is 4.52. The van der Waals surface area contributed by atoms with Gasteiger partial charge in [0, 0.05) is 6.54 Å². The van der Waals surface area contributed by atoms with E-state index in [2.05, 4.69) is 12.2 Å². The van der Waals surface area contributed by atoms with Gasteiger partial charge in [0.1, 0.15) is 6.04 Å². The van der Waals surface area contributed by atoms with Gasteiger partial charge in [0.25, 0.3) is 0 Å². The number of carbonyl (C=O) groups excluding carboxylic acids is 1. The molecule has 0 aliphatic carbocycles. The van der Waals surface area contributed by atoms with Crippen LogP contribution in [0.25, 0.3) is 0 Å². The molecule has 0 aromatic rings. The summed E-state index contributed by atoms with van der Waals surface area (Å²) in [5, 5.41) is 2.74. The maximum absolute atomic E-state index is 10.9. The van der Waals surface area contributed by atoms with Gasteiger partial charge in [-0.25, -0.2) is 0 Å². The fraction of sp³-hybridized carbons (Fsp3) is 0.778. The molecule has 3 heteroatoms. The van der Waals surface area contributed by atoms with E-state index in [0.717, 1.165) is 13.0 Å². The van der Waals surface area contributed by atoms with Crippen molar-refractivity contribution < 1.29 is 4.79 Å². The number of amides is 1. The van der Waals surface area contributed by atoms with Crippen molar-refractivity contribution in [1.29, 1.82) is 0 Å². The molecule has 1 radical (unpaired) electrons. The van der Waals surface area contributed by atoms with Crippen molar-refractivity contribution in [1.82, 2.24) is 5.32 Å². The SMILES string of the molecule is CCCCCCNC(=O)[C](C)N. The van der Waals surface area contributed by atoms with Gasteiger partial charge >= 0.3 is 0 Å². The van der Waals surface area contributed by atoms with Gasteiger partial charge in [-0.3, -0.25) is 4.79 Å². The quantitative estimate of drug-likeness (QED) is 0.590. The summed E-state index contributed by atoms with van der Waals surface area (Å²) in [5.74, 6) is -0.133. The van der Waals surface area contributed by atoms with Crippen LogP contribution in [0.3, 0.4) is 0 Å². The first-order valence-electron chi connectivity index (χ1n) is 4.55. The van der Waals surface area contributed by atoms with Crippen LogP contribution in [-0.2, 0) is 4.79 Å². The van der Waals surface area contributed by atoms with Gasteiger partial charge in [0.15, 0.2) is 0 Å². The number of carbonyl (C=O) groups is 1. The van der Waals surface area contributed by atoms with Gasteiger partial charge in [-0.05, 0) is 13.3 Å². The van der Waals surface area contributed by atoms with E-state index in [0.29, 0.717) is 6.04 Å². The third kappa shape index (κ3) is 6.16. The standard InChI is InChI=1S/C9H19N2O/c1-3-4-5-6-7-11-9(12)8(2)10/h3-7,10H2,1-2H3,(H,11,12). The molecule has 0 aromatic carbocycles. The number of unbranched alkanes of at least 4 members (excludes halogenated alkanes) is 3. The fourth-order valence-electron chi connectivity index (χ4n) is 0.893. The van der Waals surface area contributed by atoms with Gasteiger partial charge < -0.3 is 11.1 Å². The second-order valence-electron chi connectivity index (χ2n) is 3.00. The number of nitrogens with one attached hydrogen (secondary N) is 1. The predicted octanol–water partition coefficient (Wildman–Crippen LogP) is 1.19. The van der Waals surface area contributed by atoms with E-state index in [1.807, 2.05) is 0 Å². The highest BCUT2D eigenvalue weighted by molar-refractivity contribution is 5.88. The van der Waals surface area contributed by atoms with Crippen LogP contribution >= 0.6 is 0 Å². The van der Waals surface area contributed by atoms with Crippen LogP contribution in [0.15, 0.2) is 0 Å². The van der Waals surface area contributed by atoms with Gasteiger partial charge in [-0.1, -0.05) is 26.2 Å². The van der Waals surface area contributed by atoms with Crippen molar-refractivity contribution in [2.45, 2.75) is 39.5 Å². The topological polar surface area (TPSA) is 55.1 Å². The normalized spacial score (nSPS) is 10.3. The smallest absolute Gasteiger partial charge is 0.242 e. The molecule has 71 valence electrons. The molecule has 1 amide bonds. The van der Waals surface area contributed by atoms with Crippen molar-refractivity contribution in [3.8, 4) is 0 Å². The van der Waals surface area contributed by atoms with Gasteiger partial charge in [0.2, 0.25) is 5.91 Å². The lowest BCUT2D eigenvalue weighted by Crippen LogP contribution is -2.32. The third-order valence-electron chi connectivity index (χ3n) is 1.67. The van der Waals surface area contributed by atoms with E-state index in [-0.39, 0.29) is 5.91 Å². The summed E-state index contributed by atoms with van der Waals surface area (Å²) in [5.41, 5.74) is 5.28. The molecular weight excluding hydrogens is 152 g/mol. The Morgan fingerprint density at radius 2 is 2.00 bits per heavy atom. The molecule has 0 saturated heterocycles. The van der Waals surface area contributed by atoms with Crippen molar-refractivity contribution in [3.05, 3.63) is 6.04 Å². The molecule has 0 atom stereocenters. The Labute approximate surface area is 74.7 Å². The van der Waals surface area contributed by atoms with E-state index in [9.17, 15) is 4.79 Å². The first kappa shape index (κ1) is 11.4. The van der Waals surface area contributed by atoms with Gasteiger partial charge in [-0.15, -0.1) is 0 Å². The zero-order valence-corrected chi connectivity index (χ0v) is 8.02. The van der Waals surface area contributed by atoms with Crippen molar-refractivity contribution in [2.75, 3.05) is 6.54 Å². The Hall–Kier alpha value is -0.570. The lowest BCUT2D eigenvalue weighted by Gasteiger charge is -2.05. The molecule has 3 N–H and O–H groups in total. The Morgan fingerprint density at radius 1 is 1.33 bits per heavy atom. The zero-order valence-electron chi connectivity index (χ0n) is 8.02. The van der Waals surface area contributed by atoms with Gasteiger partial charge in [-0.2, -0.15) is 0 Å². The molecular formula is C9H19N2O. The van der Waals surface area contributed by atoms with Crippen LogP contribution in [0.1, 0.15) is 39.5 Å². The zero-order chi connectivity index (χ0) is 9.40. The summed E-state index contributed by atoms with van der Waals surface area (Å²) >= 11 is 0. The molecule has 12 heavy (non-hydrogen) atoms. The summed E-state index contributed by atoms with van der Waals surface area (Å²) < 4.78 is 0. The molecule has 0 aliphatic heterocycles. The summed E-state index contributed by atoms with van der Waals surface area (Å²) in [7, 11) is 0. The number of hydrogen-bond donors (Lipinski definition) is 2. The third-order valence-corrected chi connectivity index (χ3v) is 1.67. The van der Waals surface area contributed by atoms with Crippen molar-refractivity contribution in [3.63, 3.8) is 0 Å². The molecule has 0 aliphatic rings. The van der Waals surface area contributed by atoms with Gasteiger partial charge in [0.05, 0.1) is 0 Å². The molecule has 0 bridgehead atoms. The molecule has 0 spiro atoms. The average Bonchev–Trinajstić information content (AvgIpc) is 2.03. The highest BCUT2D eigenvalue weighted by atomic mass is 16.2. The Kier molecular flexibility index (Phi) is 6.76. The molecule has 0 saturated carbocycles. The minimum absolute atomic E-state index is 0.133. The predicted molar refractivity (Wildman–Crippen MR) is 50.3 cm³/mol. The van der Waals surface area contributed by atoms with Crippen LogP contribution in [0.5, 0.6) is 0 Å². The largest absolute Gasteiger partial charge is 0.354 e. The second kappa shape index (κ2) is 7.10. The highest BCUT2D eigenvalue weighted by Gasteiger charge is 2.05. The Morgan fingerprint density at radius 3 is 2.50 bits per heavy atom. The molecule has 0 aromatic heterocycles. The highest BCUT2D eigenvalue weighted by Crippen LogP contribution is 1.97. The van der Waals surface area contributed by atoms with E-state index in [1.165, 1.54) is 19.3 Å². The Balaban J connectivity index is 3.14. The Bertz CT molecular complexity index is 124. The van der Waals surface area contributed by atoms with Crippen molar-refractivity contribution in [2.24, 2.45) is 5.73 Å².